The summed E-state index contributed by atoms with van der Waals surface area (Å²) in [4.78, 5) is 16.6. The highest BCUT2D eigenvalue weighted by Crippen LogP contribution is 2.31. The van der Waals surface area contributed by atoms with Gasteiger partial charge in [-0.1, -0.05) is 18.2 Å². The Kier molecular flexibility index (Phi) is 5.30. The monoisotopic (exact) mass is 389 g/mol. The molecule has 0 fully saturated rings. The zero-order valence-electron chi connectivity index (χ0n) is 14.6. The van der Waals surface area contributed by atoms with Gasteiger partial charge in [-0.2, -0.15) is 13.2 Å². The fourth-order valence-electron chi connectivity index (χ4n) is 2.53. The number of nitrogens with zero attached hydrogens (tertiary/aromatic N) is 1. The van der Waals surface area contributed by atoms with E-state index in [-0.39, 0.29) is 5.69 Å². The number of halogens is 4. The van der Waals surface area contributed by atoms with E-state index in [1.54, 1.807) is 6.07 Å². The van der Waals surface area contributed by atoms with Gasteiger partial charge >= 0.3 is 6.18 Å². The molecule has 3 aromatic rings. The molecular weight excluding hydrogens is 374 g/mol. The average Bonchev–Trinajstić information content (AvgIpc) is 2.64. The first-order chi connectivity index (χ1) is 13.2. The first-order valence-corrected chi connectivity index (χ1v) is 8.21. The van der Waals surface area contributed by atoms with Gasteiger partial charge in [-0.15, -0.1) is 0 Å². The largest absolute Gasteiger partial charge is 0.416 e. The second-order valence-corrected chi connectivity index (χ2v) is 6.02. The van der Waals surface area contributed by atoms with Gasteiger partial charge < -0.3 is 10.6 Å². The van der Waals surface area contributed by atoms with Gasteiger partial charge in [0.25, 0.3) is 5.91 Å². The molecule has 0 unspecified atom stereocenters. The van der Waals surface area contributed by atoms with E-state index in [0.717, 1.165) is 17.3 Å². The SMILES string of the molecule is Cc1ccccc1Nc1ncccc1NC(=O)c1cc(F)cc(C(F)(F)F)c1. The van der Waals surface area contributed by atoms with Gasteiger partial charge in [0.15, 0.2) is 5.82 Å². The summed E-state index contributed by atoms with van der Waals surface area (Å²) in [6.07, 6.45) is -3.26. The predicted molar refractivity (Wildman–Crippen MR) is 98.1 cm³/mol. The molecule has 28 heavy (non-hydrogen) atoms. The smallest absolute Gasteiger partial charge is 0.338 e. The highest BCUT2D eigenvalue weighted by Gasteiger charge is 2.32. The molecule has 144 valence electrons. The minimum atomic E-state index is -4.76. The molecule has 0 spiro atoms. The fraction of sp³-hybridized carbons (Fsp3) is 0.100. The van der Waals surface area contributed by atoms with E-state index in [0.29, 0.717) is 18.0 Å². The number of carbonyl (C=O) groups excluding carboxylic acids is 1. The summed E-state index contributed by atoms with van der Waals surface area (Å²) in [6.45, 7) is 1.88. The second kappa shape index (κ2) is 7.67. The minimum absolute atomic E-state index is 0.244. The Balaban J connectivity index is 1.88. The Labute approximate surface area is 158 Å². The van der Waals surface area contributed by atoms with Crippen molar-refractivity contribution in [1.82, 2.24) is 4.98 Å². The van der Waals surface area contributed by atoms with Crippen molar-refractivity contribution in [3.63, 3.8) is 0 Å². The van der Waals surface area contributed by atoms with Crippen LogP contribution in [0.4, 0.5) is 34.8 Å². The van der Waals surface area contributed by atoms with Crippen LogP contribution in [0, 0.1) is 12.7 Å². The van der Waals surface area contributed by atoms with Gasteiger partial charge in [-0.3, -0.25) is 4.79 Å². The molecule has 1 amide bonds. The molecule has 0 aliphatic rings. The second-order valence-electron chi connectivity index (χ2n) is 6.02. The lowest BCUT2D eigenvalue weighted by Gasteiger charge is -2.14. The number of aryl methyl sites for hydroxylation is 1. The zero-order chi connectivity index (χ0) is 20.3. The quantitative estimate of drug-likeness (QED) is 0.576. The van der Waals surface area contributed by atoms with Crippen LogP contribution in [0.25, 0.3) is 0 Å². The van der Waals surface area contributed by atoms with Gasteiger partial charge in [-0.25, -0.2) is 9.37 Å². The van der Waals surface area contributed by atoms with Crippen molar-refractivity contribution in [2.24, 2.45) is 0 Å². The summed E-state index contributed by atoms with van der Waals surface area (Å²) in [5, 5.41) is 5.54. The molecule has 0 bridgehead atoms. The molecule has 8 heteroatoms. The van der Waals surface area contributed by atoms with E-state index in [1.807, 2.05) is 31.2 Å². The standard InChI is InChI=1S/C20H15F4N3O/c1-12-5-2-3-6-16(12)26-18-17(7-4-8-25-18)27-19(28)13-9-14(20(22,23)24)11-15(21)10-13/h2-11H,1H3,(H,25,26)(H,27,28). The summed E-state index contributed by atoms with van der Waals surface area (Å²) in [5.74, 6) is -1.73. The molecule has 4 nitrogen and oxygen atoms in total. The van der Waals surface area contributed by atoms with E-state index in [2.05, 4.69) is 15.6 Å². The van der Waals surface area contributed by atoms with Crippen LogP contribution in [-0.4, -0.2) is 10.9 Å². The number of alkyl halides is 3. The zero-order valence-corrected chi connectivity index (χ0v) is 14.6. The number of benzene rings is 2. The molecule has 2 aromatic carbocycles. The highest BCUT2D eigenvalue weighted by molar-refractivity contribution is 6.05. The Morgan fingerprint density at radius 2 is 1.71 bits per heavy atom. The van der Waals surface area contributed by atoms with E-state index in [1.165, 1.54) is 12.3 Å². The number of hydrogen-bond donors (Lipinski definition) is 2. The molecule has 3 rings (SSSR count). The molecule has 0 saturated heterocycles. The summed E-state index contributed by atoms with van der Waals surface area (Å²) in [7, 11) is 0. The molecule has 0 radical (unpaired) electrons. The minimum Gasteiger partial charge on any atom is -0.338 e. The van der Waals surface area contributed by atoms with Crippen LogP contribution in [0.3, 0.4) is 0 Å². The molecule has 0 aliphatic heterocycles. The fourth-order valence-corrected chi connectivity index (χ4v) is 2.53. The van der Waals surface area contributed by atoms with E-state index in [4.69, 9.17) is 0 Å². The highest BCUT2D eigenvalue weighted by atomic mass is 19.4. The van der Waals surface area contributed by atoms with E-state index >= 15 is 0 Å². The molecule has 1 heterocycles. The Bertz CT molecular complexity index is 1020. The van der Waals surface area contributed by atoms with Crippen LogP contribution in [0.15, 0.2) is 60.8 Å². The number of rotatable bonds is 4. The number of carbonyl (C=O) groups is 1. The molecule has 0 aliphatic carbocycles. The van der Waals surface area contributed by atoms with Crippen LogP contribution in [0.1, 0.15) is 21.5 Å². The number of aromatic nitrogens is 1. The van der Waals surface area contributed by atoms with Crippen LogP contribution < -0.4 is 10.6 Å². The average molecular weight is 389 g/mol. The maximum absolute atomic E-state index is 13.6. The lowest BCUT2D eigenvalue weighted by Crippen LogP contribution is -2.16. The van der Waals surface area contributed by atoms with Crippen molar-refractivity contribution < 1.29 is 22.4 Å². The van der Waals surface area contributed by atoms with Crippen molar-refractivity contribution >= 4 is 23.1 Å². The lowest BCUT2D eigenvalue weighted by atomic mass is 10.1. The van der Waals surface area contributed by atoms with Gasteiger partial charge in [0.05, 0.1) is 11.3 Å². The predicted octanol–water partition coefficient (Wildman–Crippen LogP) is 5.54. The normalized spacial score (nSPS) is 11.2. The van der Waals surface area contributed by atoms with Crippen molar-refractivity contribution in [2.75, 3.05) is 10.6 Å². The van der Waals surface area contributed by atoms with Gasteiger partial charge in [0, 0.05) is 17.4 Å². The topological polar surface area (TPSA) is 54.0 Å². The number of amides is 1. The van der Waals surface area contributed by atoms with Crippen molar-refractivity contribution in [3.05, 3.63) is 83.3 Å². The maximum Gasteiger partial charge on any atom is 0.416 e. The maximum atomic E-state index is 13.6. The number of hydrogen-bond acceptors (Lipinski definition) is 3. The van der Waals surface area contributed by atoms with E-state index in [9.17, 15) is 22.4 Å². The van der Waals surface area contributed by atoms with Crippen molar-refractivity contribution in [2.45, 2.75) is 13.1 Å². The number of para-hydroxylation sites is 1. The Morgan fingerprint density at radius 3 is 2.43 bits per heavy atom. The first kappa shape index (κ1) is 19.3. The summed E-state index contributed by atoms with van der Waals surface area (Å²) in [5.41, 5.74) is 0.251. The molecule has 1 aromatic heterocycles. The van der Waals surface area contributed by atoms with Crippen LogP contribution in [0.5, 0.6) is 0 Å². The van der Waals surface area contributed by atoms with Crippen LogP contribution in [0.2, 0.25) is 0 Å². The molecule has 2 N–H and O–H groups in total. The molecule has 0 atom stereocenters. The Morgan fingerprint density at radius 1 is 1.00 bits per heavy atom. The molecule has 0 saturated carbocycles. The van der Waals surface area contributed by atoms with E-state index < -0.39 is 29.0 Å². The number of pyridine rings is 1. The Hall–Kier alpha value is -3.42. The van der Waals surface area contributed by atoms with Crippen molar-refractivity contribution in [3.8, 4) is 0 Å². The molecular formula is C20H15F4N3O. The van der Waals surface area contributed by atoms with Crippen LogP contribution in [-0.2, 0) is 6.18 Å². The van der Waals surface area contributed by atoms with Crippen LogP contribution >= 0.6 is 0 Å². The summed E-state index contributed by atoms with van der Waals surface area (Å²) in [6, 6.07) is 12.2. The first-order valence-electron chi connectivity index (χ1n) is 8.21. The van der Waals surface area contributed by atoms with Crippen molar-refractivity contribution in [1.29, 1.82) is 0 Å². The third kappa shape index (κ3) is 4.46. The third-order valence-electron chi connectivity index (χ3n) is 3.94. The summed E-state index contributed by atoms with van der Waals surface area (Å²) < 4.78 is 52.2. The summed E-state index contributed by atoms with van der Waals surface area (Å²) >= 11 is 0. The van der Waals surface area contributed by atoms with Gasteiger partial charge in [-0.05, 0) is 48.9 Å². The number of nitrogens with one attached hydrogen (secondary N) is 2. The van der Waals surface area contributed by atoms with Gasteiger partial charge in [0.1, 0.15) is 5.82 Å². The lowest BCUT2D eigenvalue weighted by molar-refractivity contribution is -0.137. The number of anilines is 3. The third-order valence-corrected chi connectivity index (χ3v) is 3.94. The van der Waals surface area contributed by atoms with Gasteiger partial charge in [0.2, 0.25) is 0 Å².